The third-order valence-electron chi connectivity index (χ3n) is 3.30. The summed E-state index contributed by atoms with van der Waals surface area (Å²) in [5, 5.41) is 4.60. The second kappa shape index (κ2) is 6.50. The Morgan fingerprint density at radius 3 is 2.61 bits per heavy atom. The molecule has 0 atom stereocenters. The molecule has 5 nitrogen and oxygen atoms in total. The standard InChI is InChI=1S/C17H14N2O3S/c1-22-14-7-5-11(6-8-14)16(20)18-13-4-2-3-12(9-13)15-10-23-17(21)19-15/h2-10H,1H3,(H,18,20)(H,19,21). The molecule has 0 unspecified atom stereocenters. The first kappa shape index (κ1) is 15.1. The van der Waals surface area contributed by atoms with E-state index < -0.39 is 0 Å². The van der Waals surface area contributed by atoms with Crippen molar-refractivity contribution in [3.63, 3.8) is 0 Å². The van der Waals surface area contributed by atoms with Crippen molar-refractivity contribution in [3.05, 3.63) is 69.1 Å². The lowest BCUT2D eigenvalue weighted by atomic mass is 10.1. The van der Waals surface area contributed by atoms with Crippen molar-refractivity contribution < 1.29 is 9.53 Å². The molecule has 1 amide bonds. The Kier molecular flexibility index (Phi) is 4.25. The van der Waals surface area contributed by atoms with E-state index in [1.165, 1.54) is 0 Å². The van der Waals surface area contributed by atoms with Crippen LogP contribution in [0.5, 0.6) is 5.75 Å². The monoisotopic (exact) mass is 326 g/mol. The highest BCUT2D eigenvalue weighted by Gasteiger charge is 2.08. The van der Waals surface area contributed by atoms with E-state index in [1.54, 1.807) is 42.8 Å². The normalized spacial score (nSPS) is 10.3. The fraction of sp³-hybridized carbons (Fsp3) is 0.0588. The van der Waals surface area contributed by atoms with Crippen LogP contribution in [-0.4, -0.2) is 18.0 Å². The van der Waals surface area contributed by atoms with Crippen LogP contribution in [-0.2, 0) is 0 Å². The van der Waals surface area contributed by atoms with Crippen molar-refractivity contribution >= 4 is 22.9 Å². The van der Waals surface area contributed by atoms with Gasteiger partial charge in [0.2, 0.25) is 0 Å². The molecule has 3 rings (SSSR count). The number of H-pyrrole nitrogens is 1. The number of thiazole rings is 1. The number of nitrogens with one attached hydrogen (secondary N) is 2. The Labute approximate surface area is 136 Å². The second-order valence-electron chi connectivity index (χ2n) is 4.83. The van der Waals surface area contributed by atoms with Gasteiger partial charge in [0.05, 0.1) is 12.8 Å². The number of ether oxygens (including phenoxy) is 1. The van der Waals surface area contributed by atoms with Crippen LogP contribution in [0.1, 0.15) is 10.4 Å². The van der Waals surface area contributed by atoms with Crippen LogP contribution >= 0.6 is 11.3 Å². The third-order valence-corrected chi connectivity index (χ3v) is 3.97. The van der Waals surface area contributed by atoms with Crippen molar-refractivity contribution in [2.45, 2.75) is 0 Å². The molecule has 2 N–H and O–H groups in total. The molecule has 6 heteroatoms. The van der Waals surface area contributed by atoms with E-state index >= 15 is 0 Å². The SMILES string of the molecule is COc1ccc(C(=O)Nc2cccc(-c3csc(=O)[nH]3)c2)cc1. The molecular weight excluding hydrogens is 312 g/mol. The first-order valence-electron chi connectivity index (χ1n) is 6.89. The van der Waals surface area contributed by atoms with Gasteiger partial charge in [0.15, 0.2) is 0 Å². The zero-order valence-corrected chi connectivity index (χ0v) is 13.1. The van der Waals surface area contributed by atoms with Crippen molar-refractivity contribution in [3.8, 4) is 17.0 Å². The summed E-state index contributed by atoms with van der Waals surface area (Å²) in [6, 6.07) is 14.2. The molecule has 0 saturated carbocycles. The Morgan fingerprint density at radius 2 is 1.96 bits per heavy atom. The van der Waals surface area contributed by atoms with Gasteiger partial charge in [-0.3, -0.25) is 9.59 Å². The van der Waals surface area contributed by atoms with Gasteiger partial charge >= 0.3 is 4.87 Å². The van der Waals surface area contributed by atoms with Crippen LogP contribution in [0.2, 0.25) is 0 Å². The van der Waals surface area contributed by atoms with E-state index in [4.69, 9.17) is 4.74 Å². The Balaban J connectivity index is 1.79. The minimum absolute atomic E-state index is 0.104. The highest BCUT2D eigenvalue weighted by atomic mass is 32.1. The summed E-state index contributed by atoms with van der Waals surface area (Å²) in [7, 11) is 1.58. The van der Waals surface area contributed by atoms with Crippen LogP contribution in [0, 0.1) is 0 Å². The zero-order valence-electron chi connectivity index (χ0n) is 12.3. The average molecular weight is 326 g/mol. The van der Waals surface area contributed by atoms with Gasteiger partial charge in [0.1, 0.15) is 5.75 Å². The van der Waals surface area contributed by atoms with Crippen LogP contribution in [0.3, 0.4) is 0 Å². The maximum atomic E-state index is 12.3. The molecule has 116 valence electrons. The number of aromatic nitrogens is 1. The molecule has 0 fully saturated rings. The number of benzene rings is 2. The third kappa shape index (κ3) is 3.49. The van der Waals surface area contributed by atoms with Gasteiger partial charge in [-0.15, -0.1) is 0 Å². The molecule has 1 heterocycles. The van der Waals surface area contributed by atoms with Crippen molar-refractivity contribution in [2.24, 2.45) is 0 Å². The fourth-order valence-electron chi connectivity index (χ4n) is 2.13. The first-order chi connectivity index (χ1) is 11.2. The number of rotatable bonds is 4. The van der Waals surface area contributed by atoms with Gasteiger partial charge in [-0.05, 0) is 36.4 Å². The minimum atomic E-state index is -0.205. The summed E-state index contributed by atoms with van der Waals surface area (Å²) in [6.45, 7) is 0. The Morgan fingerprint density at radius 1 is 1.17 bits per heavy atom. The van der Waals surface area contributed by atoms with Gasteiger partial charge in [-0.2, -0.15) is 0 Å². The number of anilines is 1. The second-order valence-corrected chi connectivity index (χ2v) is 5.67. The molecule has 2 aromatic carbocycles. The van der Waals surface area contributed by atoms with E-state index in [9.17, 15) is 9.59 Å². The highest BCUT2D eigenvalue weighted by Crippen LogP contribution is 2.21. The predicted molar refractivity (Wildman–Crippen MR) is 91.3 cm³/mol. The van der Waals surface area contributed by atoms with Crippen molar-refractivity contribution in [1.29, 1.82) is 0 Å². The van der Waals surface area contributed by atoms with Crippen molar-refractivity contribution in [1.82, 2.24) is 4.98 Å². The molecule has 23 heavy (non-hydrogen) atoms. The van der Waals surface area contributed by atoms with E-state index in [0.29, 0.717) is 17.0 Å². The quantitative estimate of drug-likeness (QED) is 0.772. The Hall–Kier alpha value is -2.86. The number of carbonyl (C=O) groups is 1. The minimum Gasteiger partial charge on any atom is -0.497 e. The van der Waals surface area contributed by atoms with E-state index in [-0.39, 0.29) is 10.8 Å². The fourth-order valence-corrected chi connectivity index (χ4v) is 2.72. The molecule has 0 spiro atoms. The van der Waals surface area contributed by atoms with E-state index in [1.807, 2.05) is 18.2 Å². The van der Waals surface area contributed by atoms with Gasteiger partial charge in [-0.1, -0.05) is 23.5 Å². The van der Waals surface area contributed by atoms with E-state index in [0.717, 1.165) is 22.6 Å². The molecular formula is C17H14N2O3S. The number of hydrogen-bond donors (Lipinski definition) is 2. The van der Waals surface area contributed by atoms with Crippen LogP contribution in [0.4, 0.5) is 5.69 Å². The molecule has 0 aliphatic heterocycles. The highest BCUT2D eigenvalue weighted by molar-refractivity contribution is 7.07. The number of amides is 1. The largest absolute Gasteiger partial charge is 0.497 e. The molecule has 0 bridgehead atoms. The van der Waals surface area contributed by atoms with Crippen LogP contribution < -0.4 is 14.9 Å². The van der Waals surface area contributed by atoms with Gasteiger partial charge in [0.25, 0.3) is 5.91 Å². The zero-order chi connectivity index (χ0) is 16.2. The lowest BCUT2D eigenvalue weighted by Crippen LogP contribution is -2.11. The maximum absolute atomic E-state index is 12.3. The molecule has 0 aliphatic carbocycles. The number of methoxy groups -OCH3 is 1. The molecule has 1 aromatic heterocycles. The molecule has 0 aliphatic rings. The first-order valence-corrected chi connectivity index (χ1v) is 7.77. The number of hydrogen-bond acceptors (Lipinski definition) is 4. The predicted octanol–water partition coefficient (Wildman–Crippen LogP) is 3.36. The van der Waals surface area contributed by atoms with E-state index in [2.05, 4.69) is 10.3 Å². The smallest absolute Gasteiger partial charge is 0.304 e. The summed E-state index contributed by atoms with van der Waals surface area (Å²) in [5.41, 5.74) is 2.78. The van der Waals surface area contributed by atoms with Gasteiger partial charge < -0.3 is 15.0 Å². The summed E-state index contributed by atoms with van der Waals surface area (Å²) in [6.07, 6.45) is 0. The topological polar surface area (TPSA) is 71.2 Å². The summed E-state index contributed by atoms with van der Waals surface area (Å²) in [4.78, 5) is 26.2. The molecule has 0 radical (unpaired) electrons. The van der Waals surface area contributed by atoms with Crippen molar-refractivity contribution in [2.75, 3.05) is 12.4 Å². The number of aromatic amines is 1. The summed E-state index contributed by atoms with van der Waals surface area (Å²) >= 11 is 1.11. The molecule has 3 aromatic rings. The lowest BCUT2D eigenvalue weighted by molar-refractivity contribution is 0.102. The average Bonchev–Trinajstić information content (AvgIpc) is 3.02. The Bertz CT molecular complexity index is 881. The van der Waals surface area contributed by atoms with Crippen LogP contribution in [0.25, 0.3) is 11.3 Å². The van der Waals surface area contributed by atoms with Gasteiger partial charge in [0, 0.05) is 22.2 Å². The lowest BCUT2D eigenvalue weighted by Gasteiger charge is -2.07. The number of carbonyl (C=O) groups excluding carboxylic acids is 1. The van der Waals surface area contributed by atoms with Gasteiger partial charge in [-0.25, -0.2) is 0 Å². The summed E-state index contributed by atoms with van der Waals surface area (Å²) in [5.74, 6) is 0.494. The maximum Gasteiger partial charge on any atom is 0.304 e. The van der Waals surface area contributed by atoms with Crippen LogP contribution in [0.15, 0.2) is 58.7 Å². The molecule has 0 saturated heterocycles. The summed E-state index contributed by atoms with van der Waals surface area (Å²) < 4.78 is 5.07.